The summed E-state index contributed by atoms with van der Waals surface area (Å²) in [5, 5.41) is 14.4. The SMILES string of the molecule is CCOc1ccc(C(=O)NCC(C)(C)/C(N)=N/O)cc1. The molecule has 0 atom stereocenters. The molecule has 0 radical (unpaired) electrons. The van der Waals surface area contributed by atoms with E-state index in [0.717, 1.165) is 5.75 Å². The van der Waals surface area contributed by atoms with Gasteiger partial charge in [0.05, 0.1) is 6.61 Å². The summed E-state index contributed by atoms with van der Waals surface area (Å²) >= 11 is 0. The van der Waals surface area contributed by atoms with Gasteiger partial charge in [0, 0.05) is 17.5 Å². The molecule has 1 aromatic rings. The Balaban J connectivity index is 2.63. The number of oxime groups is 1. The number of nitrogens with zero attached hydrogens (tertiary/aromatic N) is 1. The molecule has 20 heavy (non-hydrogen) atoms. The minimum Gasteiger partial charge on any atom is -0.494 e. The predicted molar refractivity (Wildman–Crippen MR) is 77.1 cm³/mol. The van der Waals surface area contributed by atoms with Crippen LogP contribution in [0.15, 0.2) is 29.4 Å². The molecule has 0 spiro atoms. The van der Waals surface area contributed by atoms with Gasteiger partial charge in [-0.2, -0.15) is 0 Å². The third-order valence-corrected chi connectivity index (χ3v) is 2.92. The van der Waals surface area contributed by atoms with Gasteiger partial charge < -0.3 is 21.0 Å². The minimum atomic E-state index is -0.615. The molecule has 0 fully saturated rings. The Morgan fingerprint density at radius 2 is 2.00 bits per heavy atom. The fourth-order valence-electron chi connectivity index (χ4n) is 1.50. The molecule has 0 saturated carbocycles. The molecule has 0 saturated heterocycles. The summed E-state index contributed by atoms with van der Waals surface area (Å²) in [4.78, 5) is 12.0. The van der Waals surface area contributed by atoms with Gasteiger partial charge in [-0.05, 0) is 31.2 Å². The molecular formula is C14H21N3O3. The van der Waals surface area contributed by atoms with Crippen molar-refractivity contribution in [3.63, 3.8) is 0 Å². The van der Waals surface area contributed by atoms with Gasteiger partial charge in [0.2, 0.25) is 0 Å². The number of nitrogens with one attached hydrogen (secondary N) is 1. The highest BCUT2D eigenvalue weighted by Crippen LogP contribution is 2.15. The standard InChI is InChI=1S/C14H21N3O3/c1-4-20-11-7-5-10(6-8-11)12(18)16-9-14(2,3)13(15)17-19/h5-8,19H,4,9H2,1-3H3,(H2,15,17)(H,16,18). The number of amidine groups is 1. The molecule has 0 aromatic heterocycles. The molecule has 1 rings (SSSR count). The second-order valence-electron chi connectivity index (χ2n) is 5.01. The van der Waals surface area contributed by atoms with Crippen LogP contribution in [0.2, 0.25) is 0 Å². The van der Waals surface area contributed by atoms with E-state index in [1.165, 1.54) is 0 Å². The lowest BCUT2D eigenvalue weighted by atomic mass is 9.92. The van der Waals surface area contributed by atoms with Crippen molar-refractivity contribution in [2.75, 3.05) is 13.2 Å². The molecule has 0 bridgehead atoms. The molecule has 6 nitrogen and oxygen atoms in total. The second-order valence-corrected chi connectivity index (χ2v) is 5.01. The number of benzene rings is 1. The number of hydrogen-bond acceptors (Lipinski definition) is 4. The highest BCUT2D eigenvalue weighted by atomic mass is 16.5. The van der Waals surface area contributed by atoms with E-state index in [9.17, 15) is 4.79 Å². The highest BCUT2D eigenvalue weighted by molar-refractivity contribution is 5.95. The number of carbonyl (C=O) groups excluding carboxylic acids is 1. The molecule has 4 N–H and O–H groups in total. The maximum atomic E-state index is 12.0. The lowest BCUT2D eigenvalue weighted by Crippen LogP contribution is -2.42. The molecule has 110 valence electrons. The van der Waals surface area contributed by atoms with Crippen LogP contribution in [0.1, 0.15) is 31.1 Å². The first-order valence-electron chi connectivity index (χ1n) is 6.39. The van der Waals surface area contributed by atoms with Crippen LogP contribution in [0, 0.1) is 5.41 Å². The molecule has 6 heteroatoms. The van der Waals surface area contributed by atoms with Crippen molar-refractivity contribution in [1.29, 1.82) is 0 Å². The number of amides is 1. The van der Waals surface area contributed by atoms with E-state index in [2.05, 4.69) is 10.5 Å². The van der Waals surface area contributed by atoms with Gasteiger partial charge in [-0.25, -0.2) is 0 Å². The fraction of sp³-hybridized carbons (Fsp3) is 0.429. The van der Waals surface area contributed by atoms with Crippen molar-refractivity contribution >= 4 is 11.7 Å². The zero-order valence-corrected chi connectivity index (χ0v) is 12.0. The summed E-state index contributed by atoms with van der Waals surface area (Å²) in [5.41, 5.74) is 5.48. The maximum absolute atomic E-state index is 12.0. The van der Waals surface area contributed by atoms with Gasteiger partial charge in [0.1, 0.15) is 11.6 Å². The Hall–Kier alpha value is -2.24. The topological polar surface area (TPSA) is 96.9 Å². The van der Waals surface area contributed by atoms with Crippen molar-refractivity contribution in [1.82, 2.24) is 5.32 Å². The minimum absolute atomic E-state index is 0.0736. The van der Waals surface area contributed by atoms with E-state index in [0.29, 0.717) is 12.2 Å². The summed E-state index contributed by atoms with van der Waals surface area (Å²) in [6.07, 6.45) is 0. The molecule has 0 heterocycles. The van der Waals surface area contributed by atoms with E-state index in [1.54, 1.807) is 38.1 Å². The first-order chi connectivity index (χ1) is 9.40. The normalized spacial score (nSPS) is 12.1. The maximum Gasteiger partial charge on any atom is 0.251 e. The third kappa shape index (κ3) is 4.15. The highest BCUT2D eigenvalue weighted by Gasteiger charge is 2.24. The average Bonchev–Trinajstić information content (AvgIpc) is 2.45. The van der Waals surface area contributed by atoms with Crippen LogP contribution in [-0.4, -0.2) is 30.1 Å². The van der Waals surface area contributed by atoms with Crippen LogP contribution in [-0.2, 0) is 0 Å². The van der Waals surface area contributed by atoms with E-state index >= 15 is 0 Å². The number of rotatable bonds is 6. The summed E-state index contributed by atoms with van der Waals surface area (Å²) < 4.78 is 5.31. The van der Waals surface area contributed by atoms with Crippen molar-refractivity contribution in [2.45, 2.75) is 20.8 Å². The Kier molecular flexibility index (Phi) is 5.37. The molecular weight excluding hydrogens is 258 g/mol. The van der Waals surface area contributed by atoms with Crippen LogP contribution in [0.25, 0.3) is 0 Å². The Labute approximate surface area is 118 Å². The molecule has 0 aliphatic carbocycles. The van der Waals surface area contributed by atoms with Gasteiger partial charge in [-0.15, -0.1) is 0 Å². The van der Waals surface area contributed by atoms with E-state index < -0.39 is 5.41 Å². The summed E-state index contributed by atoms with van der Waals surface area (Å²) in [6.45, 7) is 6.31. The van der Waals surface area contributed by atoms with Gasteiger partial charge in [-0.1, -0.05) is 19.0 Å². The molecule has 0 unspecified atom stereocenters. The van der Waals surface area contributed by atoms with Crippen LogP contribution in [0.4, 0.5) is 0 Å². The van der Waals surface area contributed by atoms with Gasteiger partial charge in [0.15, 0.2) is 0 Å². The van der Waals surface area contributed by atoms with Crippen molar-refractivity contribution in [2.24, 2.45) is 16.3 Å². The smallest absolute Gasteiger partial charge is 0.251 e. The van der Waals surface area contributed by atoms with Crippen LogP contribution in [0.5, 0.6) is 5.75 Å². The summed E-state index contributed by atoms with van der Waals surface area (Å²) in [5.74, 6) is 0.581. The van der Waals surface area contributed by atoms with E-state index in [-0.39, 0.29) is 18.3 Å². The zero-order chi connectivity index (χ0) is 15.2. The monoisotopic (exact) mass is 279 g/mol. The van der Waals surface area contributed by atoms with E-state index in [1.807, 2.05) is 6.92 Å². The van der Waals surface area contributed by atoms with Crippen LogP contribution >= 0.6 is 0 Å². The van der Waals surface area contributed by atoms with Crippen molar-refractivity contribution in [3.8, 4) is 5.75 Å². The van der Waals surface area contributed by atoms with Crippen LogP contribution in [0.3, 0.4) is 0 Å². The fourth-order valence-corrected chi connectivity index (χ4v) is 1.50. The zero-order valence-electron chi connectivity index (χ0n) is 12.0. The third-order valence-electron chi connectivity index (χ3n) is 2.92. The Morgan fingerprint density at radius 3 is 2.50 bits per heavy atom. The largest absolute Gasteiger partial charge is 0.494 e. The predicted octanol–water partition coefficient (Wildman–Crippen LogP) is 1.59. The number of hydrogen-bond donors (Lipinski definition) is 3. The lowest BCUT2D eigenvalue weighted by molar-refractivity contribution is 0.0944. The Bertz CT molecular complexity index is 481. The summed E-state index contributed by atoms with van der Waals surface area (Å²) in [6, 6.07) is 6.87. The first kappa shape index (κ1) is 15.8. The molecule has 0 aliphatic heterocycles. The van der Waals surface area contributed by atoms with Gasteiger partial charge >= 0.3 is 0 Å². The van der Waals surface area contributed by atoms with Crippen molar-refractivity contribution in [3.05, 3.63) is 29.8 Å². The number of ether oxygens (including phenoxy) is 1. The molecule has 0 aliphatic rings. The number of carbonyl (C=O) groups is 1. The van der Waals surface area contributed by atoms with E-state index in [4.69, 9.17) is 15.7 Å². The summed E-state index contributed by atoms with van der Waals surface area (Å²) in [7, 11) is 0. The van der Waals surface area contributed by atoms with Gasteiger partial charge in [0.25, 0.3) is 5.91 Å². The lowest BCUT2D eigenvalue weighted by Gasteiger charge is -2.23. The molecule has 1 aromatic carbocycles. The quantitative estimate of drug-likeness (QED) is 0.319. The number of nitrogens with two attached hydrogens (primary N) is 1. The second kappa shape index (κ2) is 6.79. The van der Waals surface area contributed by atoms with Crippen molar-refractivity contribution < 1.29 is 14.7 Å². The average molecular weight is 279 g/mol. The Morgan fingerprint density at radius 1 is 1.40 bits per heavy atom. The van der Waals surface area contributed by atoms with Crippen LogP contribution < -0.4 is 15.8 Å². The first-order valence-corrected chi connectivity index (χ1v) is 6.39. The molecule has 1 amide bonds. The van der Waals surface area contributed by atoms with Gasteiger partial charge in [-0.3, -0.25) is 4.79 Å².